The minimum Gasteiger partial charge on any atom is -0.350 e. The van der Waals surface area contributed by atoms with E-state index in [0.717, 1.165) is 18.4 Å². The van der Waals surface area contributed by atoms with Gasteiger partial charge in [-0.1, -0.05) is 26.0 Å². The van der Waals surface area contributed by atoms with Crippen LogP contribution in [0, 0.1) is 5.92 Å². The van der Waals surface area contributed by atoms with Gasteiger partial charge >= 0.3 is 0 Å². The smallest absolute Gasteiger partial charge is 0.251 e. The zero-order valence-electron chi connectivity index (χ0n) is 14.2. The van der Waals surface area contributed by atoms with Gasteiger partial charge in [0, 0.05) is 24.1 Å². The Kier molecular flexibility index (Phi) is 5.72. The number of hydrogen-bond donors (Lipinski definition) is 3. The Morgan fingerprint density at radius 2 is 1.88 bits per heavy atom. The van der Waals surface area contributed by atoms with Crippen LogP contribution in [0.1, 0.15) is 49.0 Å². The van der Waals surface area contributed by atoms with E-state index in [-0.39, 0.29) is 35.6 Å². The van der Waals surface area contributed by atoms with Crippen molar-refractivity contribution in [1.82, 2.24) is 10.6 Å². The highest BCUT2D eigenvalue weighted by Gasteiger charge is 2.30. The molecule has 0 spiro atoms. The van der Waals surface area contributed by atoms with Crippen LogP contribution < -0.4 is 16.4 Å². The van der Waals surface area contributed by atoms with E-state index in [1.54, 1.807) is 12.1 Å². The van der Waals surface area contributed by atoms with Gasteiger partial charge in [0.1, 0.15) is 0 Å². The van der Waals surface area contributed by atoms with Gasteiger partial charge in [0.2, 0.25) is 11.8 Å². The number of amides is 3. The third kappa shape index (κ3) is 4.41. The molecule has 1 saturated heterocycles. The lowest BCUT2D eigenvalue weighted by Crippen LogP contribution is -2.49. The molecule has 1 aromatic rings. The van der Waals surface area contributed by atoms with Crippen molar-refractivity contribution in [1.29, 1.82) is 0 Å². The van der Waals surface area contributed by atoms with Crippen LogP contribution in [0.2, 0.25) is 0 Å². The molecular weight excluding hydrogens is 306 g/mol. The molecule has 24 heavy (non-hydrogen) atoms. The van der Waals surface area contributed by atoms with E-state index in [0.29, 0.717) is 18.5 Å². The summed E-state index contributed by atoms with van der Waals surface area (Å²) in [6.45, 7) is 4.45. The summed E-state index contributed by atoms with van der Waals surface area (Å²) in [6, 6.07) is 7.10. The number of hydrogen-bond acceptors (Lipinski definition) is 4. The fraction of sp³-hybridized carbons (Fsp3) is 0.500. The highest BCUT2D eigenvalue weighted by Crippen LogP contribution is 2.18. The van der Waals surface area contributed by atoms with E-state index >= 15 is 0 Å². The summed E-state index contributed by atoms with van der Waals surface area (Å²) in [6.07, 6.45) is 2.32. The van der Waals surface area contributed by atoms with Crippen LogP contribution in [0.4, 0.5) is 0 Å². The Hall–Kier alpha value is -2.21. The number of rotatable bonds is 7. The van der Waals surface area contributed by atoms with E-state index in [1.807, 2.05) is 26.0 Å². The molecule has 0 aromatic heterocycles. The molecule has 6 heteroatoms. The standard InChI is InChI=1S/C18H25N3O3/c1-3-18(19,4-2)11-20-16(23)13-7-5-12(6-8-13)9-14-10-15(22)21-17(14)24/h5-8,14H,3-4,9-11,19H2,1-2H3,(H,20,23)(H,21,22,24). The Balaban J connectivity index is 1.93. The van der Waals surface area contributed by atoms with Crippen molar-refractivity contribution >= 4 is 17.7 Å². The Labute approximate surface area is 142 Å². The van der Waals surface area contributed by atoms with Gasteiger partial charge in [0.25, 0.3) is 5.91 Å². The van der Waals surface area contributed by atoms with E-state index in [9.17, 15) is 14.4 Å². The van der Waals surface area contributed by atoms with E-state index in [2.05, 4.69) is 10.6 Å². The second kappa shape index (κ2) is 7.57. The van der Waals surface area contributed by atoms with E-state index in [1.165, 1.54) is 0 Å². The molecule has 4 N–H and O–H groups in total. The lowest BCUT2D eigenvalue weighted by Gasteiger charge is -2.26. The molecule has 1 aromatic carbocycles. The molecule has 3 amide bonds. The zero-order chi connectivity index (χ0) is 17.7. The molecule has 1 aliphatic heterocycles. The molecule has 1 atom stereocenters. The van der Waals surface area contributed by atoms with Crippen molar-refractivity contribution in [2.75, 3.05) is 6.54 Å². The maximum atomic E-state index is 12.2. The van der Waals surface area contributed by atoms with Crippen molar-refractivity contribution in [2.24, 2.45) is 11.7 Å². The van der Waals surface area contributed by atoms with E-state index in [4.69, 9.17) is 5.73 Å². The minimum atomic E-state index is -0.377. The third-order valence-electron chi connectivity index (χ3n) is 4.77. The number of nitrogens with one attached hydrogen (secondary N) is 2. The Morgan fingerprint density at radius 1 is 1.25 bits per heavy atom. The molecule has 2 rings (SSSR count). The van der Waals surface area contributed by atoms with Crippen LogP contribution in [-0.2, 0) is 16.0 Å². The number of carbonyl (C=O) groups excluding carboxylic acids is 3. The molecule has 1 unspecified atom stereocenters. The van der Waals surface area contributed by atoms with Crippen molar-refractivity contribution in [3.8, 4) is 0 Å². The lowest BCUT2D eigenvalue weighted by atomic mass is 9.94. The highest BCUT2D eigenvalue weighted by molar-refractivity contribution is 6.03. The van der Waals surface area contributed by atoms with Gasteiger partial charge in [-0.2, -0.15) is 0 Å². The molecule has 1 aliphatic rings. The van der Waals surface area contributed by atoms with Crippen molar-refractivity contribution in [2.45, 2.75) is 45.1 Å². The van der Waals surface area contributed by atoms with Crippen LogP contribution in [0.5, 0.6) is 0 Å². The summed E-state index contributed by atoms with van der Waals surface area (Å²) in [4.78, 5) is 35.0. The first-order valence-corrected chi connectivity index (χ1v) is 8.36. The summed E-state index contributed by atoms with van der Waals surface area (Å²) in [5, 5.41) is 5.18. The predicted molar refractivity (Wildman–Crippen MR) is 91.2 cm³/mol. The molecule has 1 heterocycles. The third-order valence-corrected chi connectivity index (χ3v) is 4.77. The van der Waals surface area contributed by atoms with Crippen LogP contribution in [0.15, 0.2) is 24.3 Å². The second-order valence-electron chi connectivity index (χ2n) is 6.47. The van der Waals surface area contributed by atoms with Gasteiger partial charge in [-0.15, -0.1) is 0 Å². The Morgan fingerprint density at radius 3 is 2.38 bits per heavy atom. The monoisotopic (exact) mass is 331 g/mol. The normalized spacial score (nSPS) is 17.7. The number of carbonyl (C=O) groups is 3. The average molecular weight is 331 g/mol. The van der Waals surface area contributed by atoms with E-state index < -0.39 is 0 Å². The first kappa shape index (κ1) is 18.1. The summed E-state index contributed by atoms with van der Waals surface area (Å²) < 4.78 is 0. The quantitative estimate of drug-likeness (QED) is 0.652. The second-order valence-corrected chi connectivity index (χ2v) is 6.47. The molecule has 6 nitrogen and oxygen atoms in total. The molecule has 1 fully saturated rings. The molecular formula is C18H25N3O3. The van der Waals surface area contributed by atoms with Gasteiger partial charge in [0.15, 0.2) is 0 Å². The number of nitrogens with two attached hydrogens (primary N) is 1. The highest BCUT2D eigenvalue weighted by atomic mass is 16.2. The SMILES string of the molecule is CCC(N)(CC)CNC(=O)c1ccc(CC2CC(=O)NC2=O)cc1. The van der Waals surface area contributed by atoms with Gasteiger partial charge < -0.3 is 11.1 Å². The molecule has 0 bridgehead atoms. The fourth-order valence-corrected chi connectivity index (χ4v) is 2.71. The van der Waals surface area contributed by atoms with Crippen molar-refractivity contribution in [3.05, 3.63) is 35.4 Å². The maximum Gasteiger partial charge on any atom is 0.251 e. The van der Waals surface area contributed by atoms with Crippen LogP contribution >= 0.6 is 0 Å². The minimum absolute atomic E-state index is 0.160. The lowest BCUT2D eigenvalue weighted by molar-refractivity contribution is -0.125. The zero-order valence-corrected chi connectivity index (χ0v) is 14.2. The number of benzene rings is 1. The average Bonchev–Trinajstić information content (AvgIpc) is 2.90. The van der Waals surface area contributed by atoms with Crippen molar-refractivity contribution < 1.29 is 14.4 Å². The van der Waals surface area contributed by atoms with Gasteiger partial charge in [-0.3, -0.25) is 19.7 Å². The largest absolute Gasteiger partial charge is 0.350 e. The summed E-state index contributed by atoms with van der Waals surface area (Å²) in [7, 11) is 0. The fourth-order valence-electron chi connectivity index (χ4n) is 2.71. The van der Waals surface area contributed by atoms with Gasteiger partial charge in [0.05, 0.1) is 5.92 Å². The summed E-state index contributed by atoms with van der Waals surface area (Å²) in [5.41, 5.74) is 7.29. The molecule has 0 radical (unpaired) electrons. The van der Waals surface area contributed by atoms with Crippen LogP contribution in [-0.4, -0.2) is 29.8 Å². The summed E-state index contributed by atoms with van der Waals surface area (Å²) in [5.74, 6) is -0.922. The topological polar surface area (TPSA) is 101 Å². The molecule has 130 valence electrons. The molecule has 0 aliphatic carbocycles. The Bertz CT molecular complexity index is 621. The first-order valence-electron chi connectivity index (χ1n) is 8.36. The van der Waals surface area contributed by atoms with Crippen molar-refractivity contribution in [3.63, 3.8) is 0 Å². The maximum absolute atomic E-state index is 12.2. The molecule has 0 saturated carbocycles. The number of imide groups is 1. The first-order chi connectivity index (χ1) is 11.4. The summed E-state index contributed by atoms with van der Waals surface area (Å²) >= 11 is 0. The predicted octanol–water partition coefficient (Wildman–Crippen LogP) is 1.14. The van der Waals surface area contributed by atoms with Crippen LogP contribution in [0.25, 0.3) is 0 Å². The van der Waals surface area contributed by atoms with Crippen LogP contribution in [0.3, 0.4) is 0 Å². The van der Waals surface area contributed by atoms with Gasteiger partial charge in [-0.05, 0) is 37.0 Å². The van der Waals surface area contributed by atoms with Gasteiger partial charge in [-0.25, -0.2) is 0 Å².